The van der Waals surface area contributed by atoms with E-state index in [1.54, 1.807) is 12.1 Å². The average Bonchev–Trinajstić information content (AvgIpc) is 2.49. The molecule has 112 valence electrons. The summed E-state index contributed by atoms with van der Waals surface area (Å²) >= 11 is 6.03. The SMILES string of the molecule is COc1cc(CC(CN)c2ccc(C)cc2)cc(Cl)c1O. The first-order valence-corrected chi connectivity index (χ1v) is 7.25. The third kappa shape index (κ3) is 3.69. The zero-order chi connectivity index (χ0) is 15.4. The van der Waals surface area contributed by atoms with E-state index in [0.29, 0.717) is 17.3 Å². The molecule has 0 saturated heterocycles. The van der Waals surface area contributed by atoms with Gasteiger partial charge in [0.1, 0.15) is 0 Å². The minimum atomic E-state index is -0.0254. The Kier molecular flexibility index (Phi) is 5.10. The molecule has 21 heavy (non-hydrogen) atoms. The molecule has 2 aromatic rings. The molecule has 0 aliphatic heterocycles. The van der Waals surface area contributed by atoms with E-state index in [1.165, 1.54) is 18.2 Å². The van der Waals surface area contributed by atoms with Crippen molar-refractivity contribution in [3.05, 3.63) is 58.1 Å². The van der Waals surface area contributed by atoms with E-state index in [-0.39, 0.29) is 11.7 Å². The van der Waals surface area contributed by atoms with Crippen molar-refractivity contribution in [2.75, 3.05) is 13.7 Å². The summed E-state index contributed by atoms with van der Waals surface area (Å²) in [7, 11) is 1.51. The van der Waals surface area contributed by atoms with Crippen LogP contribution >= 0.6 is 11.6 Å². The van der Waals surface area contributed by atoms with Crippen LogP contribution in [-0.4, -0.2) is 18.8 Å². The Morgan fingerprint density at radius 1 is 1.24 bits per heavy atom. The lowest BCUT2D eigenvalue weighted by molar-refractivity contribution is 0.373. The van der Waals surface area contributed by atoms with Crippen molar-refractivity contribution >= 4 is 11.6 Å². The van der Waals surface area contributed by atoms with Gasteiger partial charge in [0.25, 0.3) is 0 Å². The van der Waals surface area contributed by atoms with Crippen LogP contribution in [0.1, 0.15) is 22.6 Å². The van der Waals surface area contributed by atoms with Gasteiger partial charge >= 0.3 is 0 Å². The van der Waals surface area contributed by atoms with Crippen molar-refractivity contribution in [3.8, 4) is 11.5 Å². The fourth-order valence-corrected chi connectivity index (χ4v) is 2.59. The predicted octanol–water partition coefficient (Wildman–Crippen LogP) is 3.65. The Morgan fingerprint density at radius 2 is 1.90 bits per heavy atom. The Bertz CT molecular complexity index is 611. The first-order chi connectivity index (χ1) is 10.0. The van der Waals surface area contributed by atoms with Crippen molar-refractivity contribution in [3.63, 3.8) is 0 Å². The van der Waals surface area contributed by atoms with Crippen molar-refractivity contribution in [1.82, 2.24) is 0 Å². The van der Waals surface area contributed by atoms with Gasteiger partial charge in [-0.15, -0.1) is 0 Å². The summed E-state index contributed by atoms with van der Waals surface area (Å²) in [5.41, 5.74) is 9.33. The second kappa shape index (κ2) is 6.83. The predicted molar refractivity (Wildman–Crippen MR) is 86.3 cm³/mol. The van der Waals surface area contributed by atoms with E-state index in [4.69, 9.17) is 22.1 Å². The third-order valence-electron chi connectivity index (χ3n) is 3.62. The number of hydrogen-bond acceptors (Lipinski definition) is 3. The van der Waals surface area contributed by atoms with Crippen LogP contribution in [0.5, 0.6) is 11.5 Å². The van der Waals surface area contributed by atoms with Gasteiger partial charge in [0.15, 0.2) is 11.5 Å². The number of ether oxygens (including phenoxy) is 1. The molecule has 0 bridgehead atoms. The van der Waals surface area contributed by atoms with Crippen LogP contribution in [0, 0.1) is 6.92 Å². The first-order valence-electron chi connectivity index (χ1n) is 6.87. The topological polar surface area (TPSA) is 55.5 Å². The molecule has 0 radical (unpaired) electrons. The molecular weight excluding hydrogens is 286 g/mol. The fourth-order valence-electron chi connectivity index (χ4n) is 2.36. The van der Waals surface area contributed by atoms with Gasteiger partial charge in [0.2, 0.25) is 0 Å². The monoisotopic (exact) mass is 305 g/mol. The normalized spacial score (nSPS) is 12.2. The number of phenolic OH excluding ortho intramolecular Hbond substituents is 1. The van der Waals surface area contributed by atoms with Crippen LogP contribution in [0.15, 0.2) is 36.4 Å². The molecule has 4 heteroatoms. The molecule has 0 aliphatic carbocycles. The molecule has 1 unspecified atom stereocenters. The van der Waals surface area contributed by atoms with Gasteiger partial charge in [-0.3, -0.25) is 0 Å². The highest BCUT2D eigenvalue weighted by Gasteiger charge is 2.14. The maximum atomic E-state index is 9.78. The smallest absolute Gasteiger partial charge is 0.176 e. The Balaban J connectivity index is 2.26. The average molecular weight is 306 g/mol. The number of rotatable bonds is 5. The zero-order valence-electron chi connectivity index (χ0n) is 12.3. The van der Waals surface area contributed by atoms with Crippen LogP contribution in [-0.2, 0) is 6.42 Å². The summed E-state index contributed by atoms with van der Waals surface area (Å²) in [6, 6.07) is 11.9. The van der Waals surface area contributed by atoms with Crippen LogP contribution in [0.2, 0.25) is 5.02 Å². The number of halogens is 1. The van der Waals surface area contributed by atoms with E-state index in [2.05, 4.69) is 31.2 Å². The van der Waals surface area contributed by atoms with Gasteiger partial charge in [0.05, 0.1) is 12.1 Å². The number of phenols is 1. The molecule has 0 spiro atoms. The largest absolute Gasteiger partial charge is 0.503 e. The van der Waals surface area contributed by atoms with E-state index in [1.807, 2.05) is 0 Å². The lowest BCUT2D eigenvalue weighted by Crippen LogP contribution is -2.15. The van der Waals surface area contributed by atoms with Gasteiger partial charge in [0, 0.05) is 5.92 Å². The summed E-state index contributed by atoms with van der Waals surface area (Å²) in [5.74, 6) is 0.565. The molecule has 0 amide bonds. The first kappa shape index (κ1) is 15.7. The summed E-state index contributed by atoms with van der Waals surface area (Å²) < 4.78 is 5.14. The van der Waals surface area contributed by atoms with Gasteiger partial charge in [-0.05, 0) is 43.1 Å². The fraction of sp³-hybridized carbons (Fsp3) is 0.294. The van der Waals surface area contributed by atoms with Crippen LogP contribution < -0.4 is 10.5 Å². The van der Waals surface area contributed by atoms with Crippen LogP contribution in [0.4, 0.5) is 0 Å². The maximum Gasteiger partial charge on any atom is 0.176 e. The van der Waals surface area contributed by atoms with E-state index in [0.717, 1.165) is 12.0 Å². The Hall–Kier alpha value is -1.71. The van der Waals surface area contributed by atoms with E-state index < -0.39 is 0 Å². The molecule has 0 heterocycles. The molecule has 2 rings (SSSR count). The van der Waals surface area contributed by atoms with Crippen molar-refractivity contribution < 1.29 is 9.84 Å². The van der Waals surface area contributed by atoms with E-state index >= 15 is 0 Å². The second-order valence-electron chi connectivity index (χ2n) is 5.18. The minimum Gasteiger partial charge on any atom is -0.503 e. The molecular formula is C17H20ClNO2. The quantitative estimate of drug-likeness (QED) is 0.886. The second-order valence-corrected chi connectivity index (χ2v) is 5.58. The molecule has 3 nitrogen and oxygen atoms in total. The highest BCUT2D eigenvalue weighted by atomic mass is 35.5. The molecule has 0 saturated carbocycles. The molecule has 3 N–H and O–H groups in total. The number of methoxy groups -OCH3 is 1. The van der Waals surface area contributed by atoms with Gasteiger partial charge in [-0.1, -0.05) is 41.4 Å². The Morgan fingerprint density at radius 3 is 2.48 bits per heavy atom. The lowest BCUT2D eigenvalue weighted by atomic mass is 9.91. The minimum absolute atomic E-state index is 0.0254. The molecule has 2 aromatic carbocycles. The third-order valence-corrected chi connectivity index (χ3v) is 3.91. The maximum absolute atomic E-state index is 9.78. The highest BCUT2D eigenvalue weighted by Crippen LogP contribution is 2.36. The van der Waals surface area contributed by atoms with Crippen molar-refractivity contribution in [2.24, 2.45) is 5.73 Å². The summed E-state index contributed by atoms with van der Waals surface area (Å²) in [5, 5.41) is 10.1. The van der Waals surface area contributed by atoms with E-state index in [9.17, 15) is 5.11 Å². The van der Waals surface area contributed by atoms with Crippen LogP contribution in [0.3, 0.4) is 0 Å². The van der Waals surface area contributed by atoms with Crippen molar-refractivity contribution in [1.29, 1.82) is 0 Å². The molecule has 0 aliphatic rings. The van der Waals surface area contributed by atoms with Gasteiger partial charge < -0.3 is 15.6 Å². The zero-order valence-corrected chi connectivity index (χ0v) is 13.0. The number of nitrogens with two attached hydrogens (primary N) is 1. The summed E-state index contributed by atoms with van der Waals surface area (Å²) in [6.45, 7) is 2.61. The van der Waals surface area contributed by atoms with Crippen molar-refractivity contribution in [2.45, 2.75) is 19.3 Å². The number of benzene rings is 2. The number of aryl methyl sites for hydroxylation is 1. The Labute approximate surface area is 130 Å². The van der Waals surface area contributed by atoms with Gasteiger partial charge in [-0.25, -0.2) is 0 Å². The molecule has 1 atom stereocenters. The molecule has 0 aromatic heterocycles. The standard InChI is InChI=1S/C17H20ClNO2/c1-11-3-5-13(6-4-11)14(10-19)7-12-8-15(18)17(20)16(9-12)21-2/h3-6,8-9,14,20H,7,10,19H2,1-2H3. The lowest BCUT2D eigenvalue weighted by Gasteiger charge is -2.17. The molecule has 0 fully saturated rings. The highest BCUT2D eigenvalue weighted by molar-refractivity contribution is 6.32. The number of aromatic hydroxyl groups is 1. The van der Waals surface area contributed by atoms with Gasteiger partial charge in [-0.2, -0.15) is 0 Å². The number of hydrogen-bond donors (Lipinski definition) is 2. The summed E-state index contributed by atoms with van der Waals surface area (Å²) in [4.78, 5) is 0. The summed E-state index contributed by atoms with van der Waals surface area (Å²) in [6.07, 6.45) is 0.746. The van der Waals surface area contributed by atoms with Crippen LogP contribution in [0.25, 0.3) is 0 Å².